The third kappa shape index (κ3) is 3.63. The lowest BCUT2D eigenvalue weighted by atomic mass is 10.0. The van der Waals surface area contributed by atoms with Gasteiger partial charge >= 0.3 is 0 Å². The SMILES string of the molecule is CCCNC(CCc1nccn1C)c1ccncc1F. The number of aromatic nitrogens is 3. The Hall–Kier alpha value is -1.75. The molecule has 0 radical (unpaired) electrons. The van der Waals surface area contributed by atoms with Gasteiger partial charge in [0.2, 0.25) is 0 Å². The van der Waals surface area contributed by atoms with Crippen molar-refractivity contribution in [2.45, 2.75) is 32.2 Å². The van der Waals surface area contributed by atoms with Gasteiger partial charge in [0.15, 0.2) is 0 Å². The van der Waals surface area contributed by atoms with Gasteiger partial charge in [-0.3, -0.25) is 4.98 Å². The Labute approximate surface area is 119 Å². The highest BCUT2D eigenvalue weighted by Crippen LogP contribution is 2.21. The van der Waals surface area contributed by atoms with Gasteiger partial charge in [0.05, 0.1) is 6.20 Å². The van der Waals surface area contributed by atoms with E-state index in [1.807, 2.05) is 17.8 Å². The summed E-state index contributed by atoms with van der Waals surface area (Å²) in [6, 6.07) is 1.75. The first-order chi connectivity index (χ1) is 9.72. The van der Waals surface area contributed by atoms with Gasteiger partial charge in [-0.25, -0.2) is 9.37 Å². The van der Waals surface area contributed by atoms with Crippen LogP contribution in [0.2, 0.25) is 0 Å². The van der Waals surface area contributed by atoms with Crippen molar-refractivity contribution in [3.63, 3.8) is 0 Å². The number of hydrogen-bond acceptors (Lipinski definition) is 3. The molecule has 0 aromatic carbocycles. The molecule has 20 heavy (non-hydrogen) atoms. The fraction of sp³-hybridized carbons (Fsp3) is 0.467. The van der Waals surface area contributed by atoms with E-state index >= 15 is 0 Å². The van der Waals surface area contributed by atoms with E-state index in [0.29, 0.717) is 5.56 Å². The van der Waals surface area contributed by atoms with Crippen LogP contribution in [0.4, 0.5) is 4.39 Å². The molecular weight excluding hydrogens is 255 g/mol. The normalized spacial score (nSPS) is 12.6. The lowest BCUT2D eigenvalue weighted by Gasteiger charge is -2.19. The summed E-state index contributed by atoms with van der Waals surface area (Å²) in [6.45, 7) is 2.97. The lowest BCUT2D eigenvalue weighted by Crippen LogP contribution is -2.24. The maximum atomic E-state index is 13.9. The van der Waals surface area contributed by atoms with Crippen LogP contribution in [0.25, 0.3) is 0 Å². The van der Waals surface area contributed by atoms with Gasteiger partial charge in [0.1, 0.15) is 11.6 Å². The van der Waals surface area contributed by atoms with Crippen molar-refractivity contribution in [3.05, 3.63) is 48.1 Å². The van der Waals surface area contributed by atoms with Gasteiger partial charge in [-0.05, 0) is 25.5 Å². The summed E-state index contributed by atoms with van der Waals surface area (Å²) in [7, 11) is 1.98. The zero-order valence-corrected chi connectivity index (χ0v) is 12.0. The Morgan fingerprint density at radius 1 is 1.40 bits per heavy atom. The number of pyridine rings is 1. The summed E-state index contributed by atoms with van der Waals surface area (Å²) in [6.07, 6.45) is 9.27. The highest BCUT2D eigenvalue weighted by atomic mass is 19.1. The molecule has 5 heteroatoms. The van der Waals surface area contributed by atoms with E-state index in [9.17, 15) is 4.39 Å². The first kappa shape index (κ1) is 14.7. The number of hydrogen-bond donors (Lipinski definition) is 1. The van der Waals surface area contributed by atoms with Crippen molar-refractivity contribution in [1.82, 2.24) is 19.9 Å². The Morgan fingerprint density at radius 2 is 2.25 bits per heavy atom. The molecule has 0 saturated carbocycles. The zero-order chi connectivity index (χ0) is 14.4. The van der Waals surface area contributed by atoms with Gasteiger partial charge in [-0.15, -0.1) is 0 Å². The molecule has 1 unspecified atom stereocenters. The summed E-state index contributed by atoms with van der Waals surface area (Å²) in [4.78, 5) is 8.13. The van der Waals surface area contributed by atoms with E-state index in [-0.39, 0.29) is 11.9 Å². The molecule has 1 N–H and O–H groups in total. The second-order valence-corrected chi connectivity index (χ2v) is 4.90. The van der Waals surface area contributed by atoms with Crippen LogP contribution in [0.5, 0.6) is 0 Å². The standard InChI is InChI=1S/C15H21FN4/c1-3-7-18-14(12-6-8-17-11-13(12)16)4-5-15-19-9-10-20(15)2/h6,8-11,14,18H,3-5,7H2,1-2H3. The Morgan fingerprint density at radius 3 is 2.90 bits per heavy atom. The topological polar surface area (TPSA) is 42.7 Å². The molecule has 1 atom stereocenters. The summed E-state index contributed by atoms with van der Waals surface area (Å²) in [5.74, 6) is 0.767. The molecule has 2 aromatic heterocycles. The second-order valence-electron chi connectivity index (χ2n) is 4.90. The van der Waals surface area contributed by atoms with Crippen molar-refractivity contribution in [3.8, 4) is 0 Å². The van der Waals surface area contributed by atoms with Crippen molar-refractivity contribution >= 4 is 0 Å². The summed E-state index contributed by atoms with van der Waals surface area (Å²) < 4.78 is 15.9. The second kappa shape index (κ2) is 7.14. The van der Waals surface area contributed by atoms with E-state index in [4.69, 9.17) is 0 Å². The van der Waals surface area contributed by atoms with Crippen molar-refractivity contribution in [1.29, 1.82) is 0 Å². The fourth-order valence-corrected chi connectivity index (χ4v) is 2.27. The fourth-order valence-electron chi connectivity index (χ4n) is 2.27. The van der Waals surface area contributed by atoms with Crippen LogP contribution in [0, 0.1) is 5.82 Å². The Balaban J connectivity index is 2.08. The molecule has 0 aliphatic rings. The van der Waals surface area contributed by atoms with E-state index in [0.717, 1.165) is 31.6 Å². The minimum Gasteiger partial charge on any atom is -0.338 e. The molecule has 2 heterocycles. The maximum Gasteiger partial charge on any atom is 0.146 e. The molecule has 4 nitrogen and oxygen atoms in total. The highest BCUT2D eigenvalue weighted by Gasteiger charge is 2.15. The van der Waals surface area contributed by atoms with Crippen molar-refractivity contribution < 1.29 is 4.39 Å². The van der Waals surface area contributed by atoms with Crippen LogP contribution in [0.1, 0.15) is 37.2 Å². The van der Waals surface area contributed by atoms with E-state index in [1.165, 1.54) is 6.20 Å². The van der Waals surface area contributed by atoms with Crippen LogP contribution >= 0.6 is 0 Å². The molecule has 2 aromatic rings. The quantitative estimate of drug-likeness (QED) is 0.845. The first-order valence-corrected chi connectivity index (χ1v) is 7.01. The average Bonchev–Trinajstić information content (AvgIpc) is 2.86. The van der Waals surface area contributed by atoms with E-state index in [1.54, 1.807) is 18.5 Å². The highest BCUT2D eigenvalue weighted by molar-refractivity contribution is 5.17. The number of halogens is 1. The molecule has 0 spiro atoms. The van der Waals surface area contributed by atoms with Crippen LogP contribution in [-0.2, 0) is 13.5 Å². The number of aryl methyl sites for hydroxylation is 2. The van der Waals surface area contributed by atoms with E-state index in [2.05, 4.69) is 22.2 Å². The molecule has 0 saturated heterocycles. The average molecular weight is 276 g/mol. The molecule has 0 aliphatic heterocycles. The van der Waals surface area contributed by atoms with Crippen LogP contribution in [-0.4, -0.2) is 21.1 Å². The zero-order valence-electron chi connectivity index (χ0n) is 12.0. The molecule has 2 rings (SSSR count). The Bertz CT molecular complexity index is 538. The van der Waals surface area contributed by atoms with E-state index < -0.39 is 0 Å². The summed E-state index contributed by atoms with van der Waals surface area (Å²) in [5, 5.41) is 3.40. The van der Waals surface area contributed by atoms with Gasteiger partial charge in [-0.1, -0.05) is 6.92 Å². The molecule has 0 amide bonds. The predicted octanol–water partition coefficient (Wildman–Crippen LogP) is 2.63. The largest absolute Gasteiger partial charge is 0.338 e. The molecule has 0 fully saturated rings. The minimum atomic E-state index is -0.249. The van der Waals surface area contributed by atoms with Crippen molar-refractivity contribution in [2.75, 3.05) is 6.54 Å². The third-order valence-electron chi connectivity index (χ3n) is 3.40. The first-order valence-electron chi connectivity index (χ1n) is 7.01. The van der Waals surface area contributed by atoms with Gasteiger partial charge in [0.25, 0.3) is 0 Å². The minimum absolute atomic E-state index is 0.00495. The number of nitrogens with one attached hydrogen (secondary N) is 1. The van der Waals surface area contributed by atoms with Gasteiger partial charge in [-0.2, -0.15) is 0 Å². The monoisotopic (exact) mass is 276 g/mol. The predicted molar refractivity (Wildman–Crippen MR) is 76.8 cm³/mol. The maximum absolute atomic E-state index is 13.9. The number of nitrogens with zero attached hydrogens (tertiary/aromatic N) is 3. The Kier molecular flexibility index (Phi) is 5.24. The third-order valence-corrected chi connectivity index (χ3v) is 3.40. The van der Waals surface area contributed by atoms with Crippen LogP contribution in [0.3, 0.4) is 0 Å². The molecule has 0 bridgehead atoms. The summed E-state index contributed by atoms with van der Waals surface area (Å²) >= 11 is 0. The number of rotatable bonds is 7. The number of imidazole rings is 1. The smallest absolute Gasteiger partial charge is 0.146 e. The van der Waals surface area contributed by atoms with Gasteiger partial charge < -0.3 is 9.88 Å². The molecule has 0 aliphatic carbocycles. The van der Waals surface area contributed by atoms with Crippen LogP contribution in [0.15, 0.2) is 30.9 Å². The summed E-state index contributed by atoms with van der Waals surface area (Å²) in [5.41, 5.74) is 0.683. The van der Waals surface area contributed by atoms with Gasteiger partial charge in [0, 0.05) is 43.7 Å². The molecule has 108 valence electrons. The van der Waals surface area contributed by atoms with Crippen molar-refractivity contribution in [2.24, 2.45) is 7.05 Å². The lowest BCUT2D eigenvalue weighted by molar-refractivity contribution is 0.466. The molecular formula is C15H21FN4. The van der Waals surface area contributed by atoms with Crippen LogP contribution < -0.4 is 5.32 Å².